The lowest BCUT2D eigenvalue weighted by molar-refractivity contribution is 0.0932. The van der Waals surface area contributed by atoms with Crippen LogP contribution in [0.1, 0.15) is 34.0 Å². The largest absolute Gasteiger partial charge is 0.508 e. The zero-order valence-corrected chi connectivity index (χ0v) is 17.8. The number of methoxy groups -OCH3 is 3. The summed E-state index contributed by atoms with van der Waals surface area (Å²) in [5.41, 5.74) is 1.44. The fourth-order valence-electron chi connectivity index (χ4n) is 3.71. The quantitative estimate of drug-likeness (QED) is 0.504. The van der Waals surface area contributed by atoms with Crippen molar-refractivity contribution in [1.82, 2.24) is 0 Å². The molecule has 0 radical (unpaired) electrons. The molecule has 2 atom stereocenters. The average Bonchev–Trinajstić information content (AvgIpc) is 3.44. The van der Waals surface area contributed by atoms with Gasteiger partial charge in [-0.2, -0.15) is 0 Å². The van der Waals surface area contributed by atoms with E-state index in [1.807, 2.05) is 0 Å². The highest BCUT2D eigenvalue weighted by molar-refractivity contribution is 5.98. The van der Waals surface area contributed by atoms with Crippen molar-refractivity contribution in [1.29, 1.82) is 0 Å². The smallest absolute Gasteiger partial charge is 0.290 e. The van der Waals surface area contributed by atoms with Gasteiger partial charge in [-0.3, -0.25) is 4.79 Å². The highest BCUT2D eigenvalue weighted by atomic mass is 16.6. The van der Waals surface area contributed by atoms with Crippen molar-refractivity contribution in [3.05, 3.63) is 59.4 Å². The van der Waals surface area contributed by atoms with E-state index < -0.39 is 0 Å². The van der Waals surface area contributed by atoms with Crippen LogP contribution in [0.5, 0.6) is 34.7 Å². The SMILES string of the molecule is COc1cc(OC)c(C2CC2C(=O)c2ccc(Oc3cccc(O)c3C)o2)c(OC)c1. The van der Waals surface area contributed by atoms with Gasteiger partial charge in [-0.1, -0.05) is 6.07 Å². The topological polar surface area (TPSA) is 87.4 Å². The molecular formula is C24H24O7. The molecule has 162 valence electrons. The summed E-state index contributed by atoms with van der Waals surface area (Å²) in [6.45, 7) is 1.74. The van der Waals surface area contributed by atoms with Crippen LogP contribution < -0.4 is 18.9 Å². The Bertz CT molecular complexity index is 1090. The normalized spacial score (nSPS) is 17.2. The lowest BCUT2D eigenvalue weighted by Crippen LogP contribution is -2.04. The minimum absolute atomic E-state index is 0.0360. The highest BCUT2D eigenvalue weighted by Gasteiger charge is 2.48. The molecule has 1 aliphatic rings. The van der Waals surface area contributed by atoms with Crippen LogP contribution >= 0.6 is 0 Å². The first-order valence-corrected chi connectivity index (χ1v) is 9.87. The molecule has 0 aliphatic heterocycles. The minimum Gasteiger partial charge on any atom is -0.508 e. The van der Waals surface area contributed by atoms with Gasteiger partial charge < -0.3 is 28.5 Å². The van der Waals surface area contributed by atoms with E-state index >= 15 is 0 Å². The van der Waals surface area contributed by atoms with Crippen molar-refractivity contribution < 1.29 is 33.3 Å². The van der Waals surface area contributed by atoms with Crippen LogP contribution in [0.2, 0.25) is 0 Å². The van der Waals surface area contributed by atoms with Crippen molar-refractivity contribution in [2.75, 3.05) is 21.3 Å². The Hall–Kier alpha value is -3.61. The van der Waals surface area contributed by atoms with E-state index in [1.54, 1.807) is 70.7 Å². The Labute approximate surface area is 180 Å². The third kappa shape index (κ3) is 3.91. The van der Waals surface area contributed by atoms with Crippen LogP contribution in [0, 0.1) is 12.8 Å². The number of ether oxygens (including phenoxy) is 4. The summed E-state index contributed by atoms with van der Waals surface area (Å²) in [6, 6.07) is 11.8. The van der Waals surface area contributed by atoms with Crippen molar-refractivity contribution in [3.63, 3.8) is 0 Å². The Kier molecular flexibility index (Phi) is 5.50. The third-order valence-corrected chi connectivity index (χ3v) is 5.54. The molecule has 0 bridgehead atoms. The molecule has 1 N–H and O–H groups in total. The predicted molar refractivity (Wildman–Crippen MR) is 113 cm³/mol. The molecule has 7 heteroatoms. The van der Waals surface area contributed by atoms with E-state index in [2.05, 4.69) is 0 Å². The summed E-state index contributed by atoms with van der Waals surface area (Å²) in [5.74, 6) is 2.50. The second-order valence-electron chi connectivity index (χ2n) is 7.38. The van der Waals surface area contributed by atoms with Crippen LogP contribution in [-0.2, 0) is 0 Å². The van der Waals surface area contributed by atoms with E-state index in [1.165, 1.54) is 0 Å². The molecule has 31 heavy (non-hydrogen) atoms. The van der Waals surface area contributed by atoms with E-state index in [0.29, 0.717) is 35.0 Å². The fraction of sp³-hybridized carbons (Fsp3) is 0.292. The number of hydrogen-bond acceptors (Lipinski definition) is 7. The molecule has 2 aromatic carbocycles. The maximum Gasteiger partial charge on any atom is 0.290 e. The van der Waals surface area contributed by atoms with Crippen LogP contribution in [0.15, 0.2) is 46.9 Å². The first kappa shape index (κ1) is 20.7. The zero-order chi connectivity index (χ0) is 22.1. The van der Waals surface area contributed by atoms with Crippen LogP contribution in [0.3, 0.4) is 0 Å². The summed E-state index contributed by atoms with van der Waals surface area (Å²) in [4.78, 5) is 13.0. The van der Waals surface area contributed by atoms with E-state index in [-0.39, 0.29) is 35.1 Å². The Balaban J connectivity index is 1.52. The summed E-state index contributed by atoms with van der Waals surface area (Å²) < 4.78 is 27.7. The summed E-state index contributed by atoms with van der Waals surface area (Å²) in [5, 5.41) is 9.82. The van der Waals surface area contributed by atoms with Gasteiger partial charge in [-0.15, -0.1) is 0 Å². The molecule has 2 unspecified atom stereocenters. The van der Waals surface area contributed by atoms with Gasteiger partial charge in [-0.25, -0.2) is 0 Å². The Morgan fingerprint density at radius 2 is 1.71 bits per heavy atom. The molecule has 0 spiro atoms. The summed E-state index contributed by atoms with van der Waals surface area (Å²) in [6.07, 6.45) is 0.667. The summed E-state index contributed by atoms with van der Waals surface area (Å²) in [7, 11) is 4.74. The number of Topliss-reactive ketones (excluding diaryl/α,β-unsaturated/α-hetero) is 1. The number of carbonyl (C=O) groups is 1. The number of phenols is 1. The number of rotatable bonds is 8. The molecule has 0 saturated heterocycles. The van der Waals surface area contributed by atoms with Gasteiger partial charge in [0.2, 0.25) is 5.78 Å². The molecule has 4 rings (SSSR count). The molecule has 3 aromatic rings. The molecule has 0 amide bonds. The Morgan fingerprint density at radius 1 is 1.00 bits per heavy atom. The van der Waals surface area contributed by atoms with Gasteiger partial charge in [0.1, 0.15) is 28.7 Å². The monoisotopic (exact) mass is 424 g/mol. The van der Waals surface area contributed by atoms with Crippen molar-refractivity contribution in [3.8, 4) is 34.7 Å². The number of hydrogen-bond donors (Lipinski definition) is 1. The predicted octanol–water partition coefficient (Wildman–Crippen LogP) is 5.10. The Morgan fingerprint density at radius 3 is 2.35 bits per heavy atom. The van der Waals surface area contributed by atoms with Crippen LogP contribution in [0.25, 0.3) is 0 Å². The minimum atomic E-state index is -0.238. The maximum absolute atomic E-state index is 13.0. The molecule has 1 saturated carbocycles. The van der Waals surface area contributed by atoms with E-state index in [0.717, 1.165) is 5.56 Å². The number of aromatic hydroxyl groups is 1. The van der Waals surface area contributed by atoms with Crippen LogP contribution in [-0.4, -0.2) is 32.2 Å². The molecule has 1 fully saturated rings. The molecule has 7 nitrogen and oxygen atoms in total. The average molecular weight is 424 g/mol. The third-order valence-electron chi connectivity index (χ3n) is 5.54. The zero-order valence-electron chi connectivity index (χ0n) is 17.8. The van der Waals surface area contributed by atoms with Gasteiger partial charge in [0.05, 0.1) is 21.3 Å². The van der Waals surface area contributed by atoms with E-state index in [9.17, 15) is 9.90 Å². The number of phenolic OH excluding ortho intramolecular Hbond substituents is 1. The van der Waals surface area contributed by atoms with Gasteiger partial charge >= 0.3 is 0 Å². The van der Waals surface area contributed by atoms with Gasteiger partial charge in [0.25, 0.3) is 5.95 Å². The highest BCUT2D eigenvalue weighted by Crippen LogP contribution is 2.55. The van der Waals surface area contributed by atoms with Crippen molar-refractivity contribution in [2.45, 2.75) is 19.3 Å². The van der Waals surface area contributed by atoms with Crippen LogP contribution in [0.4, 0.5) is 0 Å². The fourth-order valence-corrected chi connectivity index (χ4v) is 3.71. The van der Waals surface area contributed by atoms with Crippen molar-refractivity contribution in [2.24, 2.45) is 5.92 Å². The standard InChI is InChI=1S/C24H24O7/c1-13-17(25)6-5-7-18(13)30-22-9-8-19(31-22)24(26)16-12-15(16)23-20(28-3)10-14(27-2)11-21(23)29-4/h5-11,15-16,25H,12H2,1-4H3. The number of ketones is 1. The molecule has 1 aliphatic carbocycles. The lowest BCUT2D eigenvalue weighted by atomic mass is 10.0. The number of furan rings is 1. The number of carbonyl (C=O) groups excluding carboxylic acids is 1. The van der Waals surface area contributed by atoms with Crippen molar-refractivity contribution >= 4 is 5.78 Å². The number of benzene rings is 2. The maximum atomic E-state index is 13.0. The molecular weight excluding hydrogens is 400 g/mol. The second kappa shape index (κ2) is 8.26. The second-order valence-corrected chi connectivity index (χ2v) is 7.38. The summed E-state index contributed by atoms with van der Waals surface area (Å²) >= 11 is 0. The first-order valence-electron chi connectivity index (χ1n) is 9.87. The van der Waals surface area contributed by atoms with E-state index in [4.69, 9.17) is 23.4 Å². The van der Waals surface area contributed by atoms with Gasteiger partial charge in [0.15, 0.2) is 5.76 Å². The molecule has 1 aromatic heterocycles. The van der Waals surface area contributed by atoms with Gasteiger partial charge in [-0.05, 0) is 31.5 Å². The van der Waals surface area contributed by atoms with Gasteiger partial charge in [0, 0.05) is 41.2 Å². The lowest BCUT2D eigenvalue weighted by Gasteiger charge is -2.15. The molecule has 1 heterocycles. The first-order chi connectivity index (χ1) is 15.0.